The van der Waals surface area contributed by atoms with Gasteiger partial charge in [-0.2, -0.15) is 0 Å². The summed E-state index contributed by atoms with van der Waals surface area (Å²) in [5, 5.41) is 34.0. The number of morpholine rings is 1. The summed E-state index contributed by atoms with van der Waals surface area (Å²) in [6.45, 7) is 7.15. The average Bonchev–Trinajstić information content (AvgIpc) is 1.60. The first-order valence-electron chi connectivity index (χ1n) is 34.7. The minimum Gasteiger partial charge on any atom is -0.394 e. The minimum atomic E-state index is -1.90. The number of nitrogens with two attached hydrogens (primary N) is 4. The Kier molecular flexibility index (Phi) is 29.0. The molecule has 0 aromatic heterocycles. The van der Waals surface area contributed by atoms with Crippen molar-refractivity contribution >= 4 is 99.3 Å². The lowest BCUT2D eigenvalue weighted by atomic mass is 9.99. The molecule has 2 unspecified atom stereocenters. The maximum atomic E-state index is 15.0. The van der Waals surface area contributed by atoms with Crippen molar-refractivity contribution in [3.63, 3.8) is 0 Å². The summed E-state index contributed by atoms with van der Waals surface area (Å²) in [6, 6.07) is 20.0. The molecule has 30 nitrogen and oxygen atoms in total. The molecule has 3 aliphatic rings. The van der Waals surface area contributed by atoms with Gasteiger partial charge in [-0.05, 0) is 95.7 Å². The van der Waals surface area contributed by atoms with Crippen molar-refractivity contribution in [2.24, 2.45) is 33.8 Å². The maximum absolute atomic E-state index is 15.0. The molecule has 8 rings (SSSR count). The van der Waals surface area contributed by atoms with Crippen molar-refractivity contribution in [3.8, 4) is 0 Å². The molecule has 0 aliphatic carbocycles. The standard InChI is InChI=1S/C73H93ClN16O14/c1-42(2)33-53(63(94)81-52(15-9-27-79-72(77)78)70(101)89-28-10-16-59(89)68(99)80-43(3)62(76)93)82-64(95)54(36-45-17-19-47(20-18-45)40-88-29-31-104-32-30-88)83-66(97)56(39-61(75)92)84-67(98)58(41-91)86-65(96)55(35-44-11-5-4-6-12-44)85-69(100)60(38-46-22-25-51(74)26-23-46)90-71(102)57(87-73(90)103)37-48-21-24-49-13-7-8-14-50(49)34-48/h4-8,11-14,17-26,34,42-43,52-60,91H,9-10,15-16,27-33,35-41H2,1-3H3,(H2,75,92)(H2,76,93)(H,80,99)(H,81,94)(H,82,95)(H,83,97)(H,84,98)(H,85,100)(H,86,96)(H,87,103)(H4,77,78,79)/t43-,52+,53+,54-,55-,56+,57?,58+,59+,60?/m1/s1. The number of amides is 13. The van der Waals surface area contributed by atoms with E-state index in [1.165, 1.54) is 11.8 Å². The lowest BCUT2D eigenvalue weighted by Crippen LogP contribution is -2.61. The van der Waals surface area contributed by atoms with Gasteiger partial charge in [0.25, 0.3) is 5.91 Å². The van der Waals surface area contributed by atoms with Crippen LogP contribution in [0.15, 0.2) is 126 Å². The highest BCUT2D eigenvalue weighted by molar-refractivity contribution is 6.30. The number of urea groups is 1. The van der Waals surface area contributed by atoms with E-state index < -0.39 is 144 Å². The highest BCUT2D eigenvalue weighted by atomic mass is 35.5. The van der Waals surface area contributed by atoms with Gasteiger partial charge in [0.05, 0.1) is 26.2 Å². The number of likely N-dealkylation sites (tertiary alicyclic amines) is 1. The van der Waals surface area contributed by atoms with Gasteiger partial charge in [-0.15, -0.1) is 0 Å². The van der Waals surface area contributed by atoms with Crippen molar-refractivity contribution in [2.45, 2.75) is 152 Å². The molecule has 5 aromatic carbocycles. The Hall–Kier alpha value is -10.6. The number of carbonyl (C=O) groups excluding carboxylic acids is 12. The van der Waals surface area contributed by atoms with Crippen molar-refractivity contribution in [1.29, 1.82) is 0 Å². The number of aliphatic hydroxyl groups is 1. The third-order valence-corrected chi connectivity index (χ3v) is 18.4. The Bertz CT molecular complexity index is 3910. The second-order valence-corrected chi connectivity index (χ2v) is 27.1. The largest absolute Gasteiger partial charge is 0.394 e. The molecule has 0 radical (unpaired) electrons. The topological polar surface area (TPSA) is 457 Å². The van der Waals surface area contributed by atoms with Crippen LogP contribution in [0.1, 0.15) is 87.1 Å². The number of hydrogen-bond donors (Lipinski definition) is 13. The second-order valence-electron chi connectivity index (χ2n) is 26.7. The van der Waals surface area contributed by atoms with E-state index in [2.05, 4.69) is 52.4 Å². The Morgan fingerprint density at radius 1 is 0.606 bits per heavy atom. The van der Waals surface area contributed by atoms with Gasteiger partial charge in [0.15, 0.2) is 5.96 Å². The number of nitrogens with zero attached hydrogens (tertiary/aromatic N) is 4. The lowest BCUT2D eigenvalue weighted by molar-refractivity contribution is -0.142. The average molecular weight is 1450 g/mol. The van der Waals surface area contributed by atoms with E-state index in [1.807, 2.05) is 54.6 Å². The zero-order chi connectivity index (χ0) is 75.1. The predicted molar refractivity (Wildman–Crippen MR) is 386 cm³/mol. The van der Waals surface area contributed by atoms with Gasteiger partial charge in [-0.1, -0.05) is 135 Å². The van der Waals surface area contributed by atoms with Crippen molar-refractivity contribution in [3.05, 3.63) is 154 Å². The number of benzene rings is 5. The number of hydrogen-bond acceptors (Lipinski definition) is 16. The van der Waals surface area contributed by atoms with Gasteiger partial charge in [0.2, 0.25) is 59.1 Å². The van der Waals surface area contributed by atoms with Crippen LogP contribution in [0, 0.1) is 5.92 Å². The summed E-state index contributed by atoms with van der Waals surface area (Å²) in [5.74, 6) is -10.5. The molecule has 31 heteroatoms. The van der Waals surface area contributed by atoms with Crippen LogP contribution < -0.4 is 65.5 Å². The summed E-state index contributed by atoms with van der Waals surface area (Å²) >= 11 is 6.23. The van der Waals surface area contributed by atoms with E-state index in [0.29, 0.717) is 61.0 Å². The van der Waals surface area contributed by atoms with Gasteiger partial charge in [-0.25, -0.2) is 9.69 Å². The Morgan fingerprint density at radius 3 is 1.78 bits per heavy atom. The maximum Gasteiger partial charge on any atom is 0.325 e. The third-order valence-electron chi connectivity index (χ3n) is 18.2. The van der Waals surface area contributed by atoms with Crippen LogP contribution in [0.3, 0.4) is 0 Å². The number of aliphatic hydroxyl groups excluding tert-OH is 1. The number of nitrogens with one attached hydrogen (secondary N) is 8. The fraction of sp³-hybridized carbons (Fsp3) is 0.438. The summed E-state index contributed by atoms with van der Waals surface area (Å²) in [7, 11) is 0. The molecule has 3 aliphatic heterocycles. The van der Waals surface area contributed by atoms with Crippen molar-refractivity contribution in [2.75, 3.05) is 46.0 Å². The molecule has 104 heavy (non-hydrogen) atoms. The molecule has 0 bridgehead atoms. The van der Waals surface area contributed by atoms with E-state index in [4.69, 9.17) is 39.3 Å². The van der Waals surface area contributed by atoms with Crippen LogP contribution in [-0.2, 0) is 89.7 Å². The molecule has 556 valence electrons. The molecular weight excluding hydrogens is 1360 g/mol. The SMILES string of the molecule is CC(C)C[C@H](NC(=O)[C@@H](Cc1ccc(CN2CCOCC2)cc1)NC(=O)[C@H](CC(N)=O)NC(=O)[C@H](CO)NC(=O)[C@@H](Cc1ccccc1)NC(=O)C(Cc1ccc(Cl)cc1)N1C(=O)NC(Cc2ccc3ccccc3c2)C1=O)C(=O)N[C@@H](CCCN=C(N)N)C(=O)N1CCC[C@H]1C(=O)N[C@H](C)C(N)=O. The van der Waals surface area contributed by atoms with E-state index in [-0.39, 0.29) is 76.3 Å². The van der Waals surface area contributed by atoms with Gasteiger partial charge in [-0.3, -0.25) is 62.6 Å². The van der Waals surface area contributed by atoms with E-state index in [9.17, 15) is 57.8 Å². The first kappa shape index (κ1) is 79.1. The van der Waals surface area contributed by atoms with Crippen molar-refractivity contribution < 1.29 is 67.4 Å². The number of primary amides is 2. The fourth-order valence-corrected chi connectivity index (χ4v) is 12.7. The lowest BCUT2D eigenvalue weighted by Gasteiger charge is -2.31. The molecule has 5 aromatic rings. The number of aliphatic imine (C=N–C) groups is 1. The van der Waals surface area contributed by atoms with Gasteiger partial charge in [0.1, 0.15) is 60.4 Å². The highest BCUT2D eigenvalue weighted by Crippen LogP contribution is 2.25. The smallest absolute Gasteiger partial charge is 0.325 e. The number of guanidine groups is 1. The van der Waals surface area contributed by atoms with Crippen LogP contribution in [0.25, 0.3) is 10.8 Å². The van der Waals surface area contributed by atoms with Crippen LogP contribution in [0.5, 0.6) is 0 Å². The molecule has 0 saturated carbocycles. The molecular formula is C73H93ClN16O14. The monoisotopic (exact) mass is 1450 g/mol. The zero-order valence-corrected chi connectivity index (χ0v) is 59.1. The number of halogens is 1. The van der Waals surface area contributed by atoms with Crippen LogP contribution >= 0.6 is 11.6 Å². The van der Waals surface area contributed by atoms with E-state index in [1.54, 1.807) is 80.6 Å². The molecule has 17 N–H and O–H groups in total. The number of rotatable bonds is 36. The normalized spacial score (nSPS) is 17.6. The molecule has 3 heterocycles. The number of imide groups is 1. The van der Waals surface area contributed by atoms with Crippen LogP contribution in [-0.4, -0.2) is 203 Å². The molecule has 13 amide bonds. The second kappa shape index (κ2) is 38.1. The number of ether oxygens (including phenoxy) is 1. The summed E-state index contributed by atoms with van der Waals surface area (Å²) in [4.78, 5) is 178. The summed E-state index contributed by atoms with van der Waals surface area (Å²) < 4.78 is 5.51. The highest BCUT2D eigenvalue weighted by Gasteiger charge is 2.46. The van der Waals surface area contributed by atoms with Gasteiger partial charge in [0, 0.05) is 63.4 Å². The Balaban J connectivity index is 1.02. The molecule has 10 atom stereocenters. The first-order chi connectivity index (χ1) is 49.7. The van der Waals surface area contributed by atoms with E-state index >= 15 is 4.79 Å². The van der Waals surface area contributed by atoms with Crippen molar-refractivity contribution in [1.82, 2.24) is 57.2 Å². The van der Waals surface area contributed by atoms with Crippen LogP contribution in [0.4, 0.5) is 4.79 Å². The third kappa shape index (κ3) is 23.0. The van der Waals surface area contributed by atoms with Gasteiger partial charge < -0.3 is 80.2 Å². The predicted octanol–water partition coefficient (Wildman–Crippen LogP) is -0.258. The number of carbonyl (C=O) groups is 12. The fourth-order valence-electron chi connectivity index (χ4n) is 12.6. The first-order valence-corrected chi connectivity index (χ1v) is 35.1. The Labute approximate surface area is 607 Å². The molecule has 0 spiro atoms. The zero-order valence-electron chi connectivity index (χ0n) is 58.4. The van der Waals surface area contributed by atoms with Crippen LogP contribution in [0.2, 0.25) is 5.02 Å². The molecule has 3 fully saturated rings. The van der Waals surface area contributed by atoms with Gasteiger partial charge >= 0.3 is 6.03 Å². The Morgan fingerprint density at radius 2 is 1.14 bits per heavy atom. The van der Waals surface area contributed by atoms with E-state index in [0.717, 1.165) is 26.8 Å². The quantitative estimate of drug-likeness (QED) is 0.0106. The summed E-state index contributed by atoms with van der Waals surface area (Å²) in [5.41, 5.74) is 25.5. The molecule has 3 saturated heterocycles. The summed E-state index contributed by atoms with van der Waals surface area (Å²) in [6.07, 6.45) is -0.728. The number of fused-ring (bicyclic) bond motifs is 1. The minimum absolute atomic E-state index is 0.0132.